The van der Waals surface area contributed by atoms with Gasteiger partial charge in [0, 0.05) is 25.3 Å². The van der Waals surface area contributed by atoms with Gasteiger partial charge in [-0.15, -0.1) is 0 Å². The van der Waals surface area contributed by atoms with Crippen molar-refractivity contribution in [2.75, 3.05) is 24.5 Å². The number of amides is 2. The summed E-state index contributed by atoms with van der Waals surface area (Å²) >= 11 is 0. The Morgan fingerprint density at radius 1 is 1.27 bits per heavy atom. The molecule has 0 aromatic heterocycles. The average Bonchev–Trinajstić information content (AvgIpc) is 2.61. The van der Waals surface area contributed by atoms with Crippen LogP contribution in [0.4, 0.5) is 10.5 Å². The summed E-state index contributed by atoms with van der Waals surface area (Å²) < 4.78 is 0. The third-order valence-electron chi connectivity index (χ3n) is 2.64. The van der Waals surface area contributed by atoms with Crippen LogP contribution in [0.25, 0.3) is 0 Å². The van der Waals surface area contributed by atoms with Crippen molar-refractivity contribution < 1.29 is 9.90 Å². The summed E-state index contributed by atoms with van der Waals surface area (Å²) in [5, 5.41) is 9.15. The molecule has 1 aliphatic heterocycles. The lowest BCUT2D eigenvalue weighted by Crippen LogP contribution is -2.31. The first kappa shape index (κ1) is 9.83. The molecule has 2 rings (SSSR count). The quantitative estimate of drug-likeness (QED) is 0.799. The molecule has 0 atom stereocenters. The Bertz CT molecular complexity index is 361. The topological polar surface area (TPSA) is 43.8 Å². The lowest BCUT2D eigenvalue weighted by atomic mass is 10.3. The van der Waals surface area contributed by atoms with Crippen molar-refractivity contribution in [3.63, 3.8) is 0 Å². The lowest BCUT2D eigenvalue weighted by molar-refractivity contribution is 0.223. The zero-order valence-corrected chi connectivity index (χ0v) is 8.68. The molecule has 1 saturated heterocycles. The van der Waals surface area contributed by atoms with E-state index in [2.05, 4.69) is 0 Å². The summed E-state index contributed by atoms with van der Waals surface area (Å²) in [7, 11) is 0. The highest BCUT2D eigenvalue weighted by Crippen LogP contribution is 2.22. The second kappa shape index (κ2) is 3.81. The molecule has 1 fully saturated rings. The summed E-state index contributed by atoms with van der Waals surface area (Å²) in [5.41, 5.74) is 0.841. The maximum absolute atomic E-state index is 11.8. The number of phenols is 1. The molecule has 1 aromatic rings. The third kappa shape index (κ3) is 1.75. The fraction of sp³-hybridized carbons (Fsp3) is 0.364. The second-order valence-corrected chi connectivity index (χ2v) is 3.53. The van der Waals surface area contributed by atoms with Crippen molar-refractivity contribution >= 4 is 11.7 Å². The van der Waals surface area contributed by atoms with Crippen molar-refractivity contribution in [1.29, 1.82) is 0 Å². The first-order valence-electron chi connectivity index (χ1n) is 5.08. The van der Waals surface area contributed by atoms with Crippen LogP contribution in [0, 0.1) is 0 Å². The van der Waals surface area contributed by atoms with Gasteiger partial charge in [-0.05, 0) is 31.2 Å². The van der Waals surface area contributed by atoms with Gasteiger partial charge in [-0.3, -0.25) is 4.90 Å². The summed E-state index contributed by atoms with van der Waals surface area (Å²) in [6.45, 7) is 4.21. The minimum atomic E-state index is 0.0446. The monoisotopic (exact) mass is 206 g/mol. The normalized spacial score (nSPS) is 16.2. The molecule has 1 aromatic carbocycles. The van der Waals surface area contributed by atoms with Crippen molar-refractivity contribution in [3.8, 4) is 5.75 Å². The molecule has 4 heteroatoms. The van der Waals surface area contributed by atoms with E-state index in [4.69, 9.17) is 5.11 Å². The average molecular weight is 206 g/mol. The standard InChI is InChI=1S/C11H14N2O2/c1-2-12-7-8-13(11(12)15)9-3-5-10(14)6-4-9/h3-6,14H,2,7-8H2,1H3. The molecule has 15 heavy (non-hydrogen) atoms. The zero-order valence-electron chi connectivity index (χ0n) is 8.68. The number of aromatic hydroxyl groups is 1. The van der Waals surface area contributed by atoms with Gasteiger partial charge in [0.25, 0.3) is 0 Å². The highest BCUT2D eigenvalue weighted by Gasteiger charge is 2.27. The van der Waals surface area contributed by atoms with E-state index in [1.54, 1.807) is 34.1 Å². The molecule has 0 radical (unpaired) electrons. The number of hydrogen-bond acceptors (Lipinski definition) is 2. The number of anilines is 1. The number of urea groups is 1. The zero-order chi connectivity index (χ0) is 10.8. The van der Waals surface area contributed by atoms with Gasteiger partial charge >= 0.3 is 6.03 Å². The summed E-state index contributed by atoms with van der Waals surface area (Å²) in [5.74, 6) is 0.220. The molecular formula is C11H14N2O2. The van der Waals surface area contributed by atoms with Crippen molar-refractivity contribution in [2.24, 2.45) is 0 Å². The largest absolute Gasteiger partial charge is 0.508 e. The Kier molecular flexibility index (Phi) is 2.49. The van der Waals surface area contributed by atoms with E-state index in [9.17, 15) is 4.79 Å². The predicted octanol–water partition coefficient (Wildman–Crippen LogP) is 1.65. The van der Waals surface area contributed by atoms with Gasteiger partial charge in [0.05, 0.1) is 0 Å². The number of carbonyl (C=O) groups is 1. The molecule has 80 valence electrons. The number of hydrogen-bond donors (Lipinski definition) is 1. The highest BCUT2D eigenvalue weighted by molar-refractivity contribution is 5.94. The molecule has 0 bridgehead atoms. The Morgan fingerprint density at radius 2 is 1.93 bits per heavy atom. The molecule has 1 aliphatic rings. The second-order valence-electron chi connectivity index (χ2n) is 3.53. The van der Waals surface area contributed by atoms with E-state index in [-0.39, 0.29) is 11.8 Å². The van der Waals surface area contributed by atoms with Crippen molar-refractivity contribution in [3.05, 3.63) is 24.3 Å². The number of phenolic OH excluding ortho intramolecular Hbond substituents is 1. The van der Waals surface area contributed by atoms with Gasteiger partial charge in [-0.1, -0.05) is 0 Å². The predicted molar refractivity (Wildman–Crippen MR) is 58.1 cm³/mol. The van der Waals surface area contributed by atoms with Crippen LogP contribution in [0.15, 0.2) is 24.3 Å². The molecule has 2 amide bonds. The van der Waals surface area contributed by atoms with Crippen LogP contribution in [0.1, 0.15) is 6.92 Å². The minimum Gasteiger partial charge on any atom is -0.508 e. The van der Waals surface area contributed by atoms with Crippen LogP contribution in [0.5, 0.6) is 5.75 Å². The molecule has 0 spiro atoms. The van der Waals surface area contributed by atoms with Gasteiger partial charge in [-0.25, -0.2) is 4.79 Å². The van der Waals surface area contributed by atoms with Gasteiger partial charge in [0.15, 0.2) is 0 Å². The van der Waals surface area contributed by atoms with E-state index in [0.29, 0.717) is 0 Å². The Morgan fingerprint density at radius 3 is 2.47 bits per heavy atom. The Balaban J connectivity index is 2.19. The van der Waals surface area contributed by atoms with E-state index >= 15 is 0 Å². The fourth-order valence-corrected chi connectivity index (χ4v) is 1.75. The number of benzene rings is 1. The smallest absolute Gasteiger partial charge is 0.324 e. The van der Waals surface area contributed by atoms with E-state index in [1.807, 2.05) is 6.92 Å². The molecule has 0 unspecified atom stereocenters. The van der Waals surface area contributed by atoms with Crippen LogP contribution in [-0.2, 0) is 0 Å². The van der Waals surface area contributed by atoms with Gasteiger partial charge in [0.2, 0.25) is 0 Å². The van der Waals surface area contributed by atoms with E-state index in [0.717, 1.165) is 25.3 Å². The van der Waals surface area contributed by atoms with Crippen LogP contribution in [0.3, 0.4) is 0 Å². The summed E-state index contributed by atoms with van der Waals surface area (Å²) in [6, 6.07) is 6.75. The first-order chi connectivity index (χ1) is 7.22. The number of nitrogens with zero attached hydrogens (tertiary/aromatic N) is 2. The summed E-state index contributed by atoms with van der Waals surface area (Å²) in [6.07, 6.45) is 0. The molecule has 1 N–H and O–H groups in total. The van der Waals surface area contributed by atoms with Crippen molar-refractivity contribution in [2.45, 2.75) is 6.92 Å². The summed E-state index contributed by atoms with van der Waals surface area (Å²) in [4.78, 5) is 15.3. The fourth-order valence-electron chi connectivity index (χ4n) is 1.75. The highest BCUT2D eigenvalue weighted by atomic mass is 16.3. The maximum Gasteiger partial charge on any atom is 0.324 e. The number of rotatable bonds is 2. The Hall–Kier alpha value is -1.71. The Labute approximate surface area is 88.7 Å². The molecule has 4 nitrogen and oxygen atoms in total. The van der Waals surface area contributed by atoms with Crippen LogP contribution in [0.2, 0.25) is 0 Å². The van der Waals surface area contributed by atoms with Crippen LogP contribution in [-0.4, -0.2) is 35.7 Å². The van der Waals surface area contributed by atoms with Gasteiger partial charge in [-0.2, -0.15) is 0 Å². The third-order valence-corrected chi connectivity index (χ3v) is 2.64. The molecular weight excluding hydrogens is 192 g/mol. The van der Waals surface area contributed by atoms with Gasteiger partial charge < -0.3 is 10.0 Å². The SMILES string of the molecule is CCN1CCN(c2ccc(O)cc2)C1=O. The molecule has 0 saturated carbocycles. The van der Waals surface area contributed by atoms with Crippen LogP contribution < -0.4 is 4.90 Å². The van der Waals surface area contributed by atoms with Gasteiger partial charge in [0.1, 0.15) is 5.75 Å². The van der Waals surface area contributed by atoms with E-state index < -0.39 is 0 Å². The van der Waals surface area contributed by atoms with E-state index in [1.165, 1.54) is 0 Å². The van der Waals surface area contributed by atoms with Crippen LogP contribution >= 0.6 is 0 Å². The van der Waals surface area contributed by atoms with Crippen molar-refractivity contribution in [1.82, 2.24) is 4.90 Å². The molecule has 0 aliphatic carbocycles. The number of likely N-dealkylation sites (N-methyl/N-ethyl adjacent to an activating group) is 1. The lowest BCUT2D eigenvalue weighted by Gasteiger charge is -2.17. The minimum absolute atomic E-state index is 0.0446. The first-order valence-corrected chi connectivity index (χ1v) is 5.08. The maximum atomic E-state index is 11.8. The molecule has 1 heterocycles. The number of carbonyl (C=O) groups excluding carboxylic acids is 1.